The van der Waals surface area contributed by atoms with E-state index in [0.717, 1.165) is 64.5 Å². The van der Waals surface area contributed by atoms with Crippen LogP contribution < -0.4 is 5.32 Å². The number of aromatic nitrogens is 1. The number of imide groups is 1. The summed E-state index contributed by atoms with van der Waals surface area (Å²) < 4.78 is 5.45. The average Bonchev–Trinajstić information content (AvgIpc) is 3.17. The number of hydrogen-bond donors (Lipinski definition) is 1. The topological polar surface area (TPSA) is 106 Å². The molecule has 2 aliphatic rings. The predicted molar refractivity (Wildman–Crippen MR) is 134 cm³/mol. The van der Waals surface area contributed by atoms with Crippen molar-refractivity contribution in [3.8, 4) is 0 Å². The molecular weight excluding hydrogens is 466 g/mol. The second-order valence-corrected chi connectivity index (χ2v) is 10.7. The van der Waals surface area contributed by atoms with Gasteiger partial charge in [0.15, 0.2) is 6.61 Å². The van der Waals surface area contributed by atoms with Crippen LogP contribution in [0.4, 0.5) is 4.79 Å². The van der Waals surface area contributed by atoms with Gasteiger partial charge in [0.25, 0.3) is 11.1 Å². The number of carbonyl (C=O) groups excluding carboxylic acids is 4. The van der Waals surface area contributed by atoms with Crippen molar-refractivity contribution in [2.24, 2.45) is 11.3 Å². The lowest BCUT2D eigenvalue weighted by Crippen LogP contribution is -2.38. The van der Waals surface area contributed by atoms with Crippen LogP contribution in [0.15, 0.2) is 24.3 Å². The van der Waals surface area contributed by atoms with Crippen molar-refractivity contribution in [2.45, 2.75) is 46.5 Å². The third kappa shape index (κ3) is 5.34. The van der Waals surface area contributed by atoms with E-state index >= 15 is 0 Å². The fraction of sp³-hybridized carbons (Fsp3) is 0.500. The zero-order valence-corrected chi connectivity index (χ0v) is 21.2. The largest absolute Gasteiger partial charge is 0.452 e. The van der Waals surface area contributed by atoms with Crippen molar-refractivity contribution in [1.29, 1.82) is 0 Å². The summed E-state index contributed by atoms with van der Waals surface area (Å²) in [4.78, 5) is 54.8. The number of aryl methyl sites for hydroxylation is 1. The standard InChI is InChI=1S/C26H31N3O5S/c1-4-26(2,3)16-9-10-20-18(13-16)23(17-7-5-6-8-19(17)28-20)24(32)34-14-21(30)27-11-12-29-22(31)15-35-25(29)33/h5-8,16H,4,9-15H2,1-3H3,(H,27,30)/t16-/m0/s1. The van der Waals surface area contributed by atoms with Crippen LogP contribution in [0.1, 0.15) is 55.2 Å². The quantitative estimate of drug-likeness (QED) is 0.554. The number of para-hydroxylation sites is 1. The van der Waals surface area contributed by atoms with E-state index in [-0.39, 0.29) is 35.4 Å². The molecule has 1 saturated heterocycles. The van der Waals surface area contributed by atoms with Gasteiger partial charge in [-0.1, -0.05) is 57.2 Å². The van der Waals surface area contributed by atoms with Gasteiger partial charge in [0.05, 0.1) is 16.8 Å². The lowest BCUT2D eigenvalue weighted by atomic mass is 9.68. The average molecular weight is 498 g/mol. The SMILES string of the molecule is CCC(C)(C)[C@H]1CCc2nc3ccccc3c(C(=O)OCC(=O)NCCN3C(=O)CSC3=O)c2C1. The van der Waals surface area contributed by atoms with Crippen molar-refractivity contribution >= 4 is 45.7 Å². The Kier molecular flexibility index (Phi) is 7.44. The van der Waals surface area contributed by atoms with Crippen molar-refractivity contribution in [3.05, 3.63) is 41.1 Å². The number of carbonyl (C=O) groups is 4. The molecule has 1 aliphatic heterocycles. The number of fused-ring (bicyclic) bond motifs is 2. The van der Waals surface area contributed by atoms with E-state index < -0.39 is 18.5 Å². The molecule has 0 bridgehead atoms. The van der Waals surface area contributed by atoms with E-state index in [1.54, 1.807) is 0 Å². The Morgan fingerprint density at radius 3 is 2.74 bits per heavy atom. The van der Waals surface area contributed by atoms with Crippen LogP contribution in [0.5, 0.6) is 0 Å². The Morgan fingerprint density at radius 2 is 2.03 bits per heavy atom. The number of thioether (sulfide) groups is 1. The third-order valence-electron chi connectivity index (χ3n) is 7.31. The summed E-state index contributed by atoms with van der Waals surface area (Å²) in [5.41, 5.74) is 3.24. The van der Waals surface area contributed by atoms with Crippen molar-refractivity contribution in [2.75, 3.05) is 25.4 Å². The summed E-state index contributed by atoms with van der Waals surface area (Å²) in [6.07, 6.45) is 3.62. The van der Waals surface area contributed by atoms with E-state index in [1.807, 2.05) is 24.3 Å². The van der Waals surface area contributed by atoms with Gasteiger partial charge in [-0.15, -0.1) is 0 Å². The lowest BCUT2D eigenvalue weighted by Gasteiger charge is -2.37. The van der Waals surface area contributed by atoms with Gasteiger partial charge in [0, 0.05) is 24.2 Å². The number of hydrogen-bond acceptors (Lipinski definition) is 7. The van der Waals surface area contributed by atoms with Crippen LogP contribution in [0, 0.1) is 11.3 Å². The normalized spacial score (nSPS) is 18.0. The van der Waals surface area contributed by atoms with Crippen LogP contribution in [0.2, 0.25) is 0 Å². The summed E-state index contributed by atoms with van der Waals surface area (Å²) >= 11 is 0.949. The van der Waals surface area contributed by atoms with Crippen molar-refractivity contribution in [3.63, 3.8) is 0 Å². The summed E-state index contributed by atoms with van der Waals surface area (Å²) in [7, 11) is 0. The number of esters is 1. The first-order valence-corrected chi connectivity index (χ1v) is 13.0. The van der Waals surface area contributed by atoms with Crippen molar-refractivity contribution in [1.82, 2.24) is 15.2 Å². The number of amides is 3. The molecule has 2 heterocycles. The lowest BCUT2D eigenvalue weighted by molar-refractivity contribution is -0.126. The van der Waals surface area contributed by atoms with Gasteiger partial charge in [-0.2, -0.15) is 0 Å². The molecule has 4 rings (SSSR count). The van der Waals surface area contributed by atoms with Gasteiger partial charge in [-0.3, -0.25) is 24.3 Å². The molecule has 0 unspecified atom stereocenters. The maximum absolute atomic E-state index is 13.3. The fourth-order valence-electron chi connectivity index (χ4n) is 4.74. The van der Waals surface area contributed by atoms with Crippen LogP contribution in [-0.2, 0) is 27.2 Å². The first-order chi connectivity index (χ1) is 16.7. The molecule has 1 aromatic heterocycles. The van der Waals surface area contributed by atoms with Gasteiger partial charge >= 0.3 is 5.97 Å². The number of nitrogens with one attached hydrogen (secondary N) is 1. The van der Waals surface area contributed by atoms with Gasteiger partial charge < -0.3 is 10.1 Å². The molecule has 3 amide bonds. The smallest absolute Gasteiger partial charge is 0.339 e. The second kappa shape index (κ2) is 10.4. The molecule has 1 N–H and O–H groups in total. The molecule has 0 radical (unpaired) electrons. The molecule has 0 spiro atoms. The highest BCUT2D eigenvalue weighted by Crippen LogP contribution is 2.41. The molecule has 35 heavy (non-hydrogen) atoms. The predicted octanol–water partition coefficient (Wildman–Crippen LogP) is 3.74. The minimum absolute atomic E-state index is 0.0987. The number of benzene rings is 1. The number of pyridine rings is 1. The zero-order valence-electron chi connectivity index (χ0n) is 20.4. The summed E-state index contributed by atoms with van der Waals surface area (Å²) in [6.45, 7) is 6.49. The van der Waals surface area contributed by atoms with Crippen LogP contribution >= 0.6 is 11.8 Å². The van der Waals surface area contributed by atoms with Gasteiger partial charge in [0.2, 0.25) is 5.91 Å². The first-order valence-electron chi connectivity index (χ1n) is 12.0. The highest BCUT2D eigenvalue weighted by atomic mass is 32.2. The molecule has 1 aromatic carbocycles. The molecule has 1 atom stereocenters. The Labute approximate surface area is 209 Å². The van der Waals surface area contributed by atoms with Crippen LogP contribution in [-0.4, -0.2) is 58.4 Å². The number of ether oxygens (including phenoxy) is 1. The molecule has 0 saturated carbocycles. The van der Waals surface area contributed by atoms with E-state index in [9.17, 15) is 19.2 Å². The molecule has 8 nitrogen and oxygen atoms in total. The molecular formula is C26H31N3O5S. The molecule has 1 aliphatic carbocycles. The zero-order chi connectivity index (χ0) is 25.2. The minimum Gasteiger partial charge on any atom is -0.452 e. The maximum atomic E-state index is 13.3. The summed E-state index contributed by atoms with van der Waals surface area (Å²) in [5, 5.41) is 3.03. The summed E-state index contributed by atoms with van der Waals surface area (Å²) in [6, 6.07) is 7.52. The van der Waals surface area contributed by atoms with E-state index in [0.29, 0.717) is 11.5 Å². The second-order valence-electron chi connectivity index (χ2n) is 9.74. The van der Waals surface area contributed by atoms with Crippen molar-refractivity contribution < 1.29 is 23.9 Å². The van der Waals surface area contributed by atoms with Crippen LogP contribution in [0.3, 0.4) is 0 Å². The summed E-state index contributed by atoms with van der Waals surface area (Å²) in [5.74, 6) is -0.731. The Hall–Kier alpha value is -2.94. The molecule has 9 heteroatoms. The molecule has 1 fully saturated rings. The molecule has 186 valence electrons. The Morgan fingerprint density at radius 1 is 1.26 bits per heavy atom. The highest BCUT2D eigenvalue weighted by Gasteiger charge is 2.35. The van der Waals surface area contributed by atoms with Gasteiger partial charge in [0.1, 0.15) is 0 Å². The van der Waals surface area contributed by atoms with Gasteiger partial charge in [-0.05, 0) is 42.2 Å². The number of nitrogens with zero attached hydrogens (tertiary/aromatic N) is 2. The number of rotatable bonds is 8. The fourth-order valence-corrected chi connectivity index (χ4v) is 5.49. The molecule has 2 aromatic rings. The van der Waals surface area contributed by atoms with Gasteiger partial charge in [-0.25, -0.2) is 4.79 Å². The van der Waals surface area contributed by atoms with E-state index in [4.69, 9.17) is 9.72 Å². The van der Waals surface area contributed by atoms with E-state index in [2.05, 4.69) is 26.1 Å². The Bertz CT molecular complexity index is 1160. The minimum atomic E-state index is -0.536. The van der Waals surface area contributed by atoms with Crippen LogP contribution in [0.25, 0.3) is 10.9 Å². The third-order valence-corrected chi connectivity index (χ3v) is 8.17. The first kappa shape index (κ1) is 25.2. The Balaban J connectivity index is 1.47. The maximum Gasteiger partial charge on any atom is 0.339 e. The monoisotopic (exact) mass is 497 g/mol. The van der Waals surface area contributed by atoms with E-state index in [1.165, 1.54) is 0 Å². The highest BCUT2D eigenvalue weighted by molar-refractivity contribution is 8.14.